The van der Waals surface area contributed by atoms with Crippen molar-refractivity contribution in [2.75, 3.05) is 60.2 Å². The molecular formula is C20H33IN4O3. The van der Waals surface area contributed by atoms with Crippen LogP contribution in [0.5, 0.6) is 11.5 Å². The minimum absolute atomic E-state index is 0. The van der Waals surface area contributed by atoms with Gasteiger partial charge >= 0.3 is 0 Å². The highest BCUT2D eigenvalue weighted by atomic mass is 127. The van der Waals surface area contributed by atoms with Gasteiger partial charge in [-0.1, -0.05) is 6.07 Å². The van der Waals surface area contributed by atoms with Crippen LogP contribution in [0.3, 0.4) is 0 Å². The summed E-state index contributed by atoms with van der Waals surface area (Å²) >= 11 is 0. The molecule has 2 aliphatic heterocycles. The quantitative estimate of drug-likeness (QED) is 0.365. The summed E-state index contributed by atoms with van der Waals surface area (Å²) in [5.74, 6) is 2.13. The largest absolute Gasteiger partial charge is 0.493 e. The van der Waals surface area contributed by atoms with Crippen molar-refractivity contribution >= 4 is 29.9 Å². The summed E-state index contributed by atoms with van der Waals surface area (Å²) in [4.78, 5) is 9.38. The SMILES string of the molecule is COc1ccc(C(CN=C(N)N2CCCCC2)N2CCOCC2)cc1OC.I. The minimum atomic E-state index is 0. The average Bonchev–Trinajstić information content (AvgIpc) is 2.75. The zero-order chi connectivity index (χ0) is 19.1. The summed E-state index contributed by atoms with van der Waals surface area (Å²) in [6.45, 7) is 5.90. The smallest absolute Gasteiger partial charge is 0.191 e. The molecule has 1 aromatic carbocycles. The van der Waals surface area contributed by atoms with Crippen LogP contribution in [0, 0.1) is 0 Å². The molecule has 0 saturated carbocycles. The average molecular weight is 504 g/mol. The van der Waals surface area contributed by atoms with E-state index < -0.39 is 0 Å². The molecular weight excluding hydrogens is 471 g/mol. The predicted octanol–water partition coefficient (Wildman–Crippen LogP) is 2.50. The van der Waals surface area contributed by atoms with E-state index >= 15 is 0 Å². The number of hydrogen-bond donors (Lipinski definition) is 1. The van der Waals surface area contributed by atoms with Crippen LogP contribution < -0.4 is 15.2 Å². The molecule has 28 heavy (non-hydrogen) atoms. The fourth-order valence-electron chi connectivity index (χ4n) is 3.78. The number of aliphatic imine (C=N–C) groups is 1. The lowest BCUT2D eigenvalue weighted by molar-refractivity contribution is 0.0179. The second kappa shape index (κ2) is 11.7. The fourth-order valence-corrected chi connectivity index (χ4v) is 3.78. The van der Waals surface area contributed by atoms with Gasteiger partial charge in [-0.05, 0) is 37.0 Å². The van der Waals surface area contributed by atoms with E-state index in [9.17, 15) is 0 Å². The minimum Gasteiger partial charge on any atom is -0.493 e. The summed E-state index contributed by atoms with van der Waals surface area (Å²) in [5, 5.41) is 0. The van der Waals surface area contributed by atoms with Crippen molar-refractivity contribution in [3.63, 3.8) is 0 Å². The lowest BCUT2D eigenvalue weighted by Crippen LogP contribution is -2.43. The summed E-state index contributed by atoms with van der Waals surface area (Å²) in [7, 11) is 3.32. The Morgan fingerprint density at radius 3 is 2.39 bits per heavy atom. The highest BCUT2D eigenvalue weighted by Gasteiger charge is 2.24. The molecule has 2 fully saturated rings. The standard InChI is InChI=1S/C20H32N4O3.HI/c1-25-18-7-6-16(14-19(18)26-2)17(23-10-12-27-13-11-23)15-22-20(21)24-8-4-3-5-9-24;/h6-7,14,17H,3-5,8-13,15H2,1-2H3,(H2,21,22);1H. The first-order valence-corrected chi connectivity index (χ1v) is 9.81. The fraction of sp³-hybridized carbons (Fsp3) is 0.650. The monoisotopic (exact) mass is 504 g/mol. The normalized spacial score (nSPS) is 19.6. The summed E-state index contributed by atoms with van der Waals surface area (Å²) < 4.78 is 16.4. The number of ether oxygens (including phenoxy) is 3. The second-order valence-electron chi connectivity index (χ2n) is 7.03. The summed E-state index contributed by atoms with van der Waals surface area (Å²) in [6, 6.07) is 6.23. The molecule has 0 radical (unpaired) electrons. The van der Waals surface area contributed by atoms with Crippen LogP contribution in [0.1, 0.15) is 30.9 Å². The van der Waals surface area contributed by atoms with E-state index in [1.807, 2.05) is 12.1 Å². The van der Waals surface area contributed by atoms with Crippen LogP contribution >= 0.6 is 24.0 Å². The van der Waals surface area contributed by atoms with Crippen LogP contribution in [0.2, 0.25) is 0 Å². The summed E-state index contributed by atoms with van der Waals surface area (Å²) in [6.07, 6.45) is 3.67. The second-order valence-corrected chi connectivity index (χ2v) is 7.03. The Labute approximate surface area is 185 Å². The van der Waals surface area contributed by atoms with E-state index in [1.54, 1.807) is 14.2 Å². The molecule has 2 saturated heterocycles. The van der Waals surface area contributed by atoms with Crippen LogP contribution in [-0.2, 0) is 4.74 Å². The van der Waals surface area contributed by atoms with E-state index in [0.29, 0.717) is 12.5 Å². The Morgan fingerprint density at radius 1 is 1.07 bits per heavy atom. The molecule has 158 valence electrons. The van der Waals surface area contributed by atoms with Crippen molar-refractivity contribution < 1.29 is 14.2 Å². The van der Waals surface area contributed by atoms with Gasteiger partial charge in [0.05, 0.1) is 40.0 Å². The van der Waals surface area contributed by atoms with Gasteiger partial charge in [0, 0.05) is 26.2 Å². The molecule has 3 rings (SSSR count). The maximum atomic E-state index is 6.29. The molecule has 0 aliphatic carbocycles. The molecule has 1 aromatic rings. The number of hydrogen-bond acceptors (Lipinski definition) is 5. The third kappa shape index (κ3) is 5.87. The van der Waals surface area contributed by atoms with Gasteiger partial charge in [0.15, 0.2) is 17.5 Å². The molecule has 1 atom stereocenters. The number of likely N-dealkylation sites (tertiary alicyclic amines) is 1. The van der Waals surface area contributed by atoms with Crippen LogP contribution in [0.25, 0.3) is 0 Å². The third-order valence-electron chi connectivity index (χ3n) is 5.39. The van der Waals surface area contributed by atoms with Gasteiger partial charge in [-0.15, -0.1) is 24.0 Å². The number of nitrogens with two attached hydrogens (primary N) is 1. The Kier molecular flexibility index (Phi) is 9.60. The predicted molar refractivity (Wildman–Crippen MR) is 122 cm³/mol. The zero-order valence-electron chi connectivity index (χ0n) is 16.9. The Morgan fingerprint density at radius 2 is 1.75 bits per heavy atom. The van der Waals surface area contributed by atoms with Gasteiger partial charge in [-0.3, -0.25) is 9.89 Å². The Hall–Kier alpha value is -1.26. The van der Waals surface area contributed by atoms with Gasteiger partial charge in [0.25, 0.3) is 0 Å². The lowest BCUT2D eigenvalue weighted by Gasteiger charge is -2.34. The Bertz CT molecular complexity index is 632. The van der Waals surface area contributed by atoms with E-state index in [2.05, 4.69) is 15.9 Å². The molecule has 0 bridgehead atoms. The van der Waals surface area contributed by atoms with Crippen molar-refractivity contribution in [2.45, 2.75) is 25.3 Å². The van der Waals surface area contributed by atoms with Gasteiger partial charge < -0.3 is 24.8 Å². The van der Waals surface area contributed by atoms with Gasteiger partial charge in [0.1, 0.15) is 0 Å². The number of piperidine rings is 1. The summed E-state index contributed by atoms with van der Waals surface area (Å²) in [5.41, 5.74) is 7.45. The number of halogens is 1. The first-order valence-electron chi connectivity index (χ1n) is 9.81. The molecule has 0 amide bonds. The molecule has 2 aliphatic rings. The molecule has 0 aromatic heterocycles. The van der Waals surface area contributed by atoms with Crippen molar-refractivity contribution in [3.05, 3.63) is 23.8 Å². The number of morpholine rings is 1. The van der Waals surface area contributed by atoms with Crippen molar-refractivity contribution in [2.24, 2.45) is 10.7 Å². The lowest BCUT2D eigenvalue weighted by atomic mass is 10.0. The van der Waals surface area contributed by atoms with E-state index in [4.69, 9.17) is 24.9 Å². The van der Waals surface area contributed by atoms with E-state index in [1.165, 1.54) is 19.3 Å². The molecule has 7 nitrogen and oxygen atoms in total. The number of rotatable bonds is 6. The first kappa shape index (κ1) is 23.0. The van der Waals surface area contributed by atoms with E-state index in [0.717, 1.165) is 56.5 Å². The molecule has 0 spiro atoms. The van der Waals surface area contributed by atoms with Crippen molar-refractivity contribution in [1.29, 1.82) is 0 Å². The maximum Gasteiger partial charge on any atom is 0.191 e. The maximum absolute atomic E-state index is 6.29. The van der Waals surface area contributed by atoms with Gasteiger partial charge in [-0.25, -0.2) is 0 Å². The van der Waals surface area contributed by atoms with Gasteiger partial charge in [-0.2, -0.15) is 0 Å². The van der Waals surface area contributed by atoms with E-state index in [-0.39, 0.29) is 30.0 Å². The topological polar surface area (TPSA) is 72.6 Å². The molecule has 2 heterocycles. The van der Waals surface area contributed by atoms with Crippen molar-refractivity contribution in [3.8, 4) is 11.5 Å². The highest BCUT2D eigenvalue weighted by molar-refractivity contribution is 14.0. The van der Waals surface area contributed by atoms with Crippen LogP contribution in [0.4, 0.5) is 0 Å². The molecule has 1 unspecified atom stereocenters. The van der Waals surface area contributed by atoms with Crippen LogP contribution in [0.15, 0.2) is 23.2 Å². The number of guanidine groups is 1. The molecule has 2 N–H and O–H groups in total. The zero-order valence-corrected chi connectivity index (χ0v) is 19.3. The van der Waals surface area contributed by atoms with Gasteiger partial charge in [0.2, 0.25) is 0 Å². The van der Waals surface area contributed by atoms with Crippen LogP contribution in [-0.4, -0.2) is 75.9 Å². The first-order chi connectivity index (χ1) is 13.2. The number of benzene rings is 1. The highest BCUT2D eigenvalue weighted by Crippen LogP contribution is 2.32. The number of nitrogens with zero attached hydrogens (tertiary/aromatic N) is 3. The third-order valence-corrected chi connectivity index (χ3v) is 5.39. The Balaban J connectivity index is 0.00000280. The molecule has 8 heteroatoms. The number of methoxy groups -OCH3 is 2. The van der Waals surface area contributed by atoms with Crippen molar-refractivity contribution in [1.82, 2.24) is 9.80 Å².